The molecule has 0 saturated carbocycles. The first-order valence-electron chi connectivity index (χ1n) is 6.36. The first-order valence-corrected chi connectivity index (χ1v) is 8.44. The van der Waals surface area contributed by atoms with Crippen molar-refractivity contribution in [2.75, 3.05) is 6.61 Å². The molecule has 0 spiro atoms. The maximum absolute atomic E-state index is 6.42. The minimum absolute atomic E-state index is 0.00560. The lowest BCUT2D eigenvalue weighted by atomic mass is 10.0. The molecule has 0 aromatic heterocycles. The van der Waals surface area contributed by atoms with Crippen LogP contribution in [0.25, 0.3) is 0 Å². The molecule has 1 unspecified atom stereocenters. The minimum atomic E-state index is -0.00560. The highest BCUT2D eigenvalue weighted by molar-refractivity contribution is 9.10. The molecule has 0 radical (unpaired) electrons. The quantitative estimate of drug-likeness (QED) is 0.530. The van der Waals surface area contributed by atoms with E-state index in [9.17, 15) is 0 Å². The third kappa shape index (κ3) is 3.38. The molecular weight excluding hydrogens is 403 g/mol. The number of halogens is 3. The Balaban J connectivity index is 2.49. The number of benzene rings is 2. The summed E-state index contributed by atoms with van der Waals surface area (Å²) in [6.07, 6.45) is 0. The summed E-state index contributed by atoms with van der Waals surface area (Å²) < 4.78 is 6.73. The smallest absolute Gasteiger partial charge is 0.124 e. The van der Waals surface area contributed by atoms with Crippen LogP contribution in [0, 0.1) is 6.92 Å². The molecule has 2 aromatic rings. The van der Waals surface area contributed by atoms with Crippen LogP contribution in [0.1, 0.15) is 28.4 Å². The van der Waals surface area contributed by atoms with Gasteiger partial charge >= 0.3 is 0 Å². The molecule has 4 heteroatoms. The predicted molar refractivity (Wildman–Crippen MR) is 92.3 cm³/mol. The van der Waals surface area contributed by atoms with Crippen LogP contribution >= 0.6 is 43.5 Å². The second-order valence-corrected chi connectivity index (χ2v) is 6.67. The van der Waals surface area contributed by atoms with Gasteiger partial charge in [0.2, 0.25) is 0 Å². The Labute approximate surface area is 141 Å². The number of rotatable bonds is 4. The zero-order valence-corrected chi connectivity index (χ0v) is 15.2. The Bertz CT molecular complexity index is 613. The normalized spacial score (nSPS) is 12.2. The number of hydrogen-bond donors (Lipinski definition) is 0. The highest BCUT2D eigenvalue weighted by atomic mass is 79.9. The molecule has 1 atom stereocenters. The van der Waals surface area contributed by atoms with Crippen molar-refractivity contribution in [3.05, 3.63) is 62.6 Å². The topological polar surface area (TPSA) is 9.23 Å². The standard InChI is InChI=1S/C16H15Br2ClO/c1-3-20-14-8-7-11(17)9-13(14)15(18)12-6-4-5-10(2)16(12)19/h4-9,15H,3H2,1-2H3. The highest BCUT2D eigenvalue weighted by Gasteiger charge is 2.19. The Kier molecular flexibility index (Phi) is 5.53. The largest absolute Gasteiger partial charge is 0.494 e. The van der Waals surface area contributed by atoms with Crippen LogP contribution < -0.4 is 4.74 Å². The van der Waals surface area contributed by atoms with Gasteiger partial charge in [-0.2, -0.15) is 0 Å². The van der Waals surface area contributed by atoms with Gasteiger partial charge in [0.25, 0.3) is 0 Å². The summed E-state index contributed by atoms with van der Waals surface area (Å²) in [4.78, 5) is -0.00560. The van der Waals surface area contributed by atoms with Crippen molar-refractivity contribution < 1.29 is 4.74 Å². The second kappa shape index (κ2) is 6.97. The van der Waals surface area contributed by atoms with Crippen LogP contribution in [0.15, 0.2) is 40.9 Å². The summed E-state index contributed by atoms with van der Waals surface area (Å²) in [7, 11) is 0. The Morgan fingerprint density at radius 3 is 2.65 bits per heavy atom. The van der Waals surface area contributed by atoms with Crippen molar-refractivity contribution in [3.63, 3.8) is 0 Å². The zero-order valence-electron chi connectivity index (χ0n) is 11.3. The van der Waals surface area contributed by atoms with Crippen molar-refractivity contribution in [1.82, 2.24) is 0 Å². The minimum Gasteiger partial charge on any atom is -0.494 e. The fourth-order valence-electron chi connectivity index (χ4n) is 2.04. The Morgan fingerprint density at radius 2 is 1.95 bits per heavy atom. The molecular formula is C16H15Br2ClO. The van der Waals surface area contributed by atoms with Gasteiger partial charge in [-0.15, -0.1) is 0 Å². The van der Waals surface area contributed by atoms with Crippen molar-refractivity contribution in [2.24, 2.45) is 0 Å². The number of alkyl halides is 1. The van der Waals surface area contributed by atoms with E-state index in [4.69, 9.17) is 16.3 Å². The summed E-state index contributed by atoms with van der Waals surface area (Å²) in [6.45, 7) is 4.63. The van der Waals surface area contributed by atoms with Crippen LogP contribution in [0.3, 0.4) is 0 Å². The molecule has 0 bridgehead atoms. The van der Waals surface area contributed by atoms with Crippen LogP contribution in [0.4, 0.5) is 0 Å². The Hall–Kier alpha value is -0.510. The van der Waals surface area contributed by atoms with Gasteiger partial charge in [0, 0.05) is 15.1 Å². The average molecular weight is 419 g/mol. The molecule has 106 valence electrons. The lowest BCUT2D eigenvalue weighted by Crippen LogP contribution is -2.01. The van der Waals surface area contributed by atoms with E-state index in [1.54, 1.807) is 0 Å². The molecule has 20 heavy (non-hydrogen) atoms. The van der Waals surface area contributed by atoms with Crippen molar-refractivity contribution in [3.8, 4) is 5.75 Å². The molecule has 0 fully saturated rings. The number of ether oxygens (including phenoxy) is 1. The highest BCUT2D eigenvalue weighted by Crippen LogP contribution is 2.41. The third-order valence-corrected chi connectivity index (χ3v) is 5.04. The monoisotopic (exact) mass is 416 g/mol. The molecule has 1 nitrogen and oxygen atoms in total. The van der Waals surface area contributed by atoms with E-state index in [-0.39, 0.29) is 4.83 Å². The van der Waals surface area contributed by atoms with Crippen LogP contribution in [0.5, 0.6) is 5.75 Å². The van der Waals surface area contributed by atoms with Crippen LogP contribution in [-0.4, -0.2) is 6.61 Å². The molecule has 0 aliphatic carbocycles. The van der Waals surface area contributed by atoms with Crippen LogP contribution in [-0.2, 0) is 0 Å². The summed E-state index contributed by atoms with van der Waals surface area (Å²) in [5.74, 6) is 0.871. The first-order chi connectivity index (χ1) is 9.54. The molecule has 0 amide bonds. The van der Waals surface area contributed by atoms with Crippen molar-refractivity contribution in [1.29, 1.82) is 0 Å². The summed E-state index contributed by atoms with van der Waals surface area (Å²) in [5, 5.41) is 0.789. The van der Waals surface area contributed by atoms with Gasteiger partial charge in [-0.25, -0.2) is 0 Å². The maximum atomic E-state index is 6.42. The number of aryl methyl sites for hydroxylation is 1. The molecule has 0 saturated heterocycles. The molecule has 0 aliphatic heterocycles. The van der Waals surface area contributed by atoms with Crippen molar-refractivity contribution in [2.45, 2.75) is 18.7 Å². The summed E-state index contributed by atoms with van der Waals surface area (Å²) in [6, 6.07) is 12.1. The summed E-state index contributed by atoms with van der Waals surface area (Å²) in [5.41, 5.74) is 3.18. The third-order valence-electron chi connectivity index (χ3n) is 3.04. The van der Waals surface area contributed by atoms with Gasteiger partial charge in [-0.05, 0) is 43.2 Å². The lowest BCUT2D eigenvalue weighted by molar-refractivity contribution is 0.337. The predicted octanol–water partition coefficient (Wildman–Crippen LogP) is 6.29. The molecule has 0 heterocycles. The van der Waals surface area contributed by atoms with Gasteiger partial charge in [0.1, 0.15) is 5.75 Å². The van der Waals surface area contributed by atoms with E-state index in [0.29, 0.717) is 6.61 Å². The molecule has 2 rings (SSSR count). The SMILES string of the molecule is CCOc1ccc(Br)cc1C(Br)c1cccc(C)c1Cl. The summed E-state index contributed by atoms with van der Waals surface area (Å²) >= 11 is 13.7. The van der Waals surface area contributed by atoms with E-state index < -0.39 is 0 Å². The second-order valence-electron chi connectivity index (χ2n) is 4.46. The van der Waals surface area contributed by atoms with Crippen molar-refractivity contribution >= 4 is 43.5 Å². The van der Waals surface area contributed by atoms with E-state index >= 15 is 0 Å². The molecule has 0 aliphatic rings. The van der Waals surface area contributed by atoms with E-state index in [1.165, 1.54) is 0 Å². The van der Waals surface area contributed by atoms with E-state index in [2.05, 4.69) is 37.9 Å². The fraction of sp³-hybridized carbons (Fsp3) is 0.250. The van der Waals surface area contributed by atoms with E-state index in [1.807, 2.05) is 44.2 Å². The van der Waals surface area contributed by atoms with Gasteiger partial charge in [0.15, 0.2) is 0 Å². The van der Waals surface area contributed by atoms with Gasteiger partial charge < -0.3 is 4.74 Å². The molecule has 0 N–H and O–H groups in total. The first kappa shape index (κ1) is 15.9. The van der Waals surface area contributed by atoms with E-state index in [0.717, 1.165) is 31.9 Å². The van der Waals surface area contributed by atoms with Gasteiger partial charge in [-0.3, -0.25) is 0 Å². The maximum Gasteiger partial charge on any atom is 0.124 e. The fourth-order valence-corrected chi connectivity index (χ4v) is 3.52. The Morgan fingerprint density at radius 1 is 1.20 bits per heavy atom. The van der Waals surface area contributed by atoms with Gasteiger partial charge in [0.05, 0.1) is 11.4 Å². The zero-order chi connectivity index (χ0) is 14.7. The number of hydrogen-bond acceptors (Lipinski definition) is 1. The lowest BCUT2D eigenvalue weighted by Gasteiger charge is -2.18. The van der Waals surface area contributed by atoms with Gasteiger partial charge in [-0.1, -0.05) is 61.7 Å². The van der Waals surface area contributed by atoms with Crippen LogP contribution in [0.2, 0.25) is 5.02 Å². The average Bonchev–Trinajstić information content (AvgIpc) is 2.43. The molecule has 2 aromatic carbocycles.